The van der Waals surface area contributed by atoms with E-state index in [2.05, 4.69) is 62.6 Å². The summed E-state index contributed by atoms with van der Waals surface area (Å²) in [4.78, 5) is 27.8. The molecular formula is C32H30N2O2. The fourth-order valence-corrected chi connectivity index (χ4v) is 5.12. The highest BCUT2D eigenvalue weighted by Gasteiger charge is 2.34. The largest absolute Gasteiger partial charge is 0.354 e. The number of carbonyl (C=O) groups excluding carboxylic acids is 2. The number of hydrogen-bond donors (Lipinski definition) is 2. The van der Waals surface area contributed by atoms with Gasteiger partial charge in [-0.2, -0.15) is 0 Å². The highest BCUT2D eigenvalue weighted by Crippen LogP contribution is 2.39. The van der Waals surface area contributed by atoms with Crippen LogP contribution in [-0.2, 0) is 12.8 Å². The molecule has 4 heteroatoms. The van der Waals surface area contributed by atoms with Gasteiger partial charge in [-0.05, 0) is 61.1 Å². The van der Waals surface area contributed by atoms with Crippen molar-refractivity contribution in [3.63, 3.8) is 0 Å². The van der Waals surface area contributed by atoms with E-state index in [0.29, 0.717) is 33.6 Å². The minimum atomic E-state index is -0.149. The number of anilines is 4. The van der Waals surface area contributed by atoms with Crippen molar-refractivity contribution in [2.75, 3.05) is 10.6 Å². The smallest absolute Gasteiger partial charge is 0.198 e. The van der Waals surface area contributed by atoms with E-state index < -0.39 is 0 Å². The zero-order valence-corrected chi connectivity index (χ0v) is 21.2. The molecule has 0 radical (unpaired) electrons. The Balaban J connectivity index is 1.64. The molecule has 180 valence electrons. The molecular weight excluding hydrogens is 444 g/mol. The Morgan fingerprint density at radius 1 is 0.556 bits per heavy atom. The lowest BCUT2D eigenvalue weighted by Gasteiger charge is -2.25. The van der Waals surface area contributed by atoms with Gasteiger partial charge in [0.1, 0.15) is 0 Å². The van der Waals surface area contributed by atoms with Crippen molar-refractivity contribution in [1.29, 1.82) is 0 Å². The van der Waals surface area contributed by atoms with E-state index >= 15 is 0 Å². The SMILES string of the molecule is CCc1cccc(C)c1Nc1cccc2c1C(=O)c1c(Nc3c(C)cccc3CC)cccc1C2=O. The highest BCUT2D eigenvalue weighted by atomic mass is 16.1. The molecule has 0 saturated carbocycles. The maximum absolute atomic E-state index is 14.1. The zero-order valence-electron chi connectivity index (χ0n) is 21.2. The van der Waals surface area contributed by atoms with Gasteiger partial charge < -0.3 is 10.6 Å². The Morgan fingerprint density at radius 2 is 0.972 bits per heavy atom. The number of hydrogen-bond acceptors (Lipinski definition) is 4. The predicted octanol–water partition coefficient (Wildman–Crippen LogP) is 7.69. The molecule has 0 aromatic heterocycles. The van der Waals surface area contributed by atoms with Gasteiger partial charge in [-0.1, -0.05) is 74.5 Å². The monoisotopic (exact) mass is 474 g/mol. The van der Waals surface area contributed by atoms with Crippen molar-refractivity contribution in [1.82, 2.24) is 0 Å². The van der Waals surface area contributed by atoms with Gasteiger partial charge >= 0.3 is 0 Å². The number of rotatable bonds is 6. The van der Waals surface area contributed by atoms with Crippen LogP contribution in [0.25, 0.3) is 0 Å². The maximum atomic E-state index is 14.1. The summed E-state index contributed by atoms with van der Waals surface area (Å²) in [6, 6.07) is 23.3. The predicted molar refractivity (Wildman–Crippen MR) is 147 cm³/mol. The lowest BCUT2D eigenvalue weighted by molar-refractivity contribution is 0.0980. The number of fused-ring (bicyclic) bond motifs is 2. The summed E-state index contributed by atoms with van der Waals surface area (Å²) in [6.07, 6.45) is 1.72. The van der Waals surface area contributed by atoms with Crippen LogP contribution in [0.2, 0.25) is 0 Å². The molecule has 0 saturated heterocycles. The Labute approximate surface area is 212 Å². The van der Waals surface area contributed by atoms with E-state index in [1.165, 1.54) is 0 Å². The average Bonchev–Trinajstić information content (AvgIpc) is 2.89. The molecule has 36 heavy (non-hydrogen) atoms. The van der Waals surface area contributed by atoms with Crippen molar-refractivity contribution in [3.8, 4) is 0 Å². The minimum absolute atomic E-state index is 0.132. The van der Waals surface area contributed by atoms with Crippen LogP contribution in [0.4, 0.5) is 22.7 Å². The molecule has 0 bridgehead atoms. The summed E-state index contributed by atoms with van der Waals surface area (Å²) < 4.78 is 0. The lowest BCUT2D eigenvalue weighted by Crippen LogP contribution is -2.23. The first-order chi connectivity index (χ1) is 17.4. The van der Waals surface area contributed by atoms with Crippen LogP contribution in [0.15, 0.2) is 72.8 Å². The van der Waals surface area contributed by atoms with Gasteiger partial charge in [0.2, 0.25) is 0 Å². The Kier molecular flexibility index (Phi) is 6.19. The molecule has 4 aromatic rings. The number of para-hydroxylation sites is 2. The molecule has 0 unspecified atom stereocenters. The van der Waals surface area contributed by atoms with Gasteiger partial charge in [0, 0.05) is 22.5 Å². The molecule has 5 rings (SSSR count). The van der Waals surface area contributed by atoms with Crippen LogP contribution >= 0.6 is 0 Å². The second-order valence-electron chi connectivity index (χ2n) is 9.29. The van der Waals surface area contributed by atoms with Gasteiger partial charge in [0.15, 0.2) is 11.6 Å². The van der Waals surface area contributed by atoms with E-state index in [9.17, 15) is 9.59 Å². The van der Waals surface area contributed by atoms with Crippen molar-refractivity contribution in [2.45, 2.75) is 40.5 Å². The van der Waals surface area contributed by atoms with Gasteiger partial charge in [0.25, 0.3) is 0 Å². The topological polar surface area (TPSA) is 58.2 Å². The quantitative estimate of drug-likeness (QED) is 0.265. The molecule has 0 spiro atoms. The van der Waals surface area contributed by atoms with Gasteiger partial charge in [-0.25, -0.2) is 0 Å². The van der Waals surface area contributed by atoms with Gasteiger partial charge in [-0.3, -0.25) is 9.59 Å². The Morgan fingerprint density at radius 3 is 1.39 bits per heavy atom. The lowest BCUT2D eigenvalue weighted by atomic mass is 9.82. The summed E-state index contributed by atoms with van der Waals surface area (Å²) in [5, 5.41) is 7.01. The minimum Gasteiger partial charge on any atom is -0.354 e. The molecule has 0 fully saturated rings. The second-order valence-corrected chi connectivity index (χ2v) is 9.29. The molecule has 1 aliphatic rings. The van der Waals surface area contributed by atoms with Crippen LogP contribution < -0.4 is 10.6 Å². The summed E-state index contributed by atoms with van der Waals surface area (Å²) in [7, 11) is 0. The number of aryl methyl sites for hydroxylation is 4. The highest BCUT2D eigenvalue weighted by molar-refractivity contribution is 6.32. The average molecular weight is 475 g/mol. The van der Waals surface area contributed by atoms with Crippen LogP contribution in [0.5, 0.6) is 0 Å². The third-order valence-corrected chi connectivity index (χ3v) is 7.07. The molecule has 0 heterocycles. The molecule has 0 atom stereocenters. The molecule has 2 N–H and O–H groups in total. The summed E-state index contributed by atoms with van der Waals surface area (Å²) in [5.74, 6) is -0.281. The number of ketones is 2. The first-order valence-corrected chi connectivity index (χ1v) is 12.5. The second kappa shape index (κ2) is 9.46. The van der Waals surface area contributed by atoms with Crippen molar-refractivity contribution < 1.29 is 9.59 Å². The van der Waals surface area contributed by atoms with Crippen LogP contribution in [-0.4, -0.2) is 11.6 Å². The van der Waals surface area contributed by atoms with E-state index in [0.717, 1.165) is 46.5 Å². The maximum Gasteiger partial charge on any atom is 0.198 e. The summed E-state index contributed by atoms with van der Waals surface area (Å²) in [5.41, 5.74) is 9.51. The van der Waals surface area contributed by atoms with Crippen LogP contribution in [0, 0.1) is 13.8 Å². The number of nitrogens with one attached hydrogen (secondary N) is 2. The summed E-state index contributed by atoms with van der Waals surface area (Å²) >= 11 is 0. The fourth-order valence-electron chi connectivity index (χ4n) is 5.12. The Bertz CT molecular complexity index is 1410. The number of benzene rings is 4. The van der Waals surface area contributed by atoms with E-state index in [1.54, 1.807) is 12.1 Å². The van der Waals surface area contributed by atoms with Crippen LogP contribution in [0.3, 0.4) is 0 Å². The van der Waals surface area contributed by atoms with Crippen LogP contribution in [0.1, 0.15) is 67.9 Å². The van der Waals surface area contributed by atoms with Crippen molar-refractivity contribution in [3.05, 3.63) is 117 Å². The Hall–Kier alpha value is -4.18. The van der Waals surface area contributed by atoms with Crippen molar-refractivity contribution >= 4 is 34.3 Å². The van der Waals surface area contributed by atoms with Crippen molar-refractivity contribution in [2.24, 2.45) is 0 Å². The first-order valence-electron chi connectivity index (χ1n) is 12.5. The van der Waals surface area contributed by atoms with E-state index in [1.807, 2.05) is 36.4 Å². The summed E-state index contributed by atoms with van der Waals surface area (Å²) in [6.45, 7) is 8.32. The molecule has 1 aliphatic carbocycles. The first kappa shape index (κ1) is 23.6. The molecule has 0 aliphatic heterocycles. The van der Waals surface area contributed by atoms with E-state index in [4.69, 9.17) is 0 Å². The third-order valence-electron chi connectivity index (χ3n) is 7.07. The molecule has 4 nitrogen and oxygen atoms in total. The fraction of sp³-hybridized carbons (Fsp3) is 0.188. The number of carbonyl (C=O) groups is 2. The molecule has 0 amide bonds. The zero-order chi connectivity index (χ0) is 25.4. The van der Waals surface area contributed by atoms with Gasteiger partial charge in [-0.15, -0.1) is 0 Å². The normalized spacial score (nSPS) is 12.2. The standard InChI is InChI=1S/C32H30N2O2/c1-5-21-13-7-11-19(3)29(21)33-25-17-9-15-23-27(25)32(36)28-24(31(23)35)16-10-18-26(28)34-30-20(4)12-8-14-22(30)6-2/h7-18,33-34H,5-6H2,1-4H3. The third kappa shape index (κ3) is 3.89. The van der Waals surface area contributed by atoms with E-state index in [-0.39, 0.29) is 11.6 Å². The van der Waals surface area contributed by atoms with Gasteiger partial charge in [0.05, 0.1) is 22.5 Å². The molecule has 4 aromatic carbocycles.